The largest absolute Gasteiger partial charge is 0.0714 e. The summed E-state index contributed by atoms with van der Waals surface area (Å²) < 4.78 is 0. The number of benzene rings is 11. The van der Waals surface area contributed by atoms with Crippen LogP contribution in [0.4, 0.5) is 0 Å². The van der Waals surface area contributed by atoms with E-state index in [1.807, 2.05) is 0 Å². The van der Waals surface area contributed by atoms with Crippen LogP contribution in [0, 0.1) is 0 Å². The first-order valence-electron chi connectivity index (χ1n) is 19.2. The highest BCUT2D eigenvalue weighted by atomic mass is 14.5. The van der Waals surface area contributed by atoms with Crippen LogP contribution in [0.5, 0.6) is 0 Å². The molecule has 0 heteroatoms. The third-order valence-corrected chi connectivity index (χ3v) is 12.5. The van der Waals surface area contributed by atoms with Crippen LogP contribution in [0.2, 0.25) is 0 Å². The van der Waals surface area contributed by atoms with E-state index in [1.54, 1.807) is 0 Å². The van der Waals surface area contributed by atoms with Crippen LogP contribution in [0.25, 0.3) is 87.2 Å². The maximum atomic E-state index is 2.51. The maximum absolute atomic E-state index is 2.51. The fraction of sp³-hybridized carbons (Fsp3) is 0.0182. The number of rotatable bonds is 4. The lowest BCUT2D eigenvalue weighted by atomic mass is 9.67. The van der Waals surface area contributed by atoms with E-state index in [9.17, 15) is 0 Å². The fourth-order valence-corrected chi connectivity index (χ4v) is 10.0. The molecule has 0 aromatic heterocycles. The highest BCUT2D eigenvalue weighted by Gasteiger charge is 2.46. The summed E-state index contributed by atoms with van der Waals surface area (Å²) in [7, 11) is 0. The molecule has 0 unspecified atom stereocenters. The number of hydrogen-bond acceptors (Lipinski definition) is 0. The van der Waals surface area contributed by atoms with Crippen molar-refractivity contribution in [2.24, 2.45) is 0 Å². The highest BCUT2D eigenvalue weighted by Crippen LogP contribution is 2.58. The summed E-state index contributed by atoms with van der Waals surface area (Å²) in [5.41, 5.74) is 12.3. The Bertz CT molecular complexity index is 3240. The molecular weight excluding hydrogens is 661 g/mol. The third kappa shape index (κ3) is 4.28. The molecule has 0 bridgehead atoms. The van der Waals surface area contributed by atoms with Gasteiger partial charge in [-0.25, -0.2) is 0 Å². The minimum atomic E-state index is -0.514. The standard InChI is InChI=1S/C55H34/c1-3-16-43(17-4-1)55(44-18-5-2-6-19-44)51-33-42(46-28-25-38-23-22-36-13-9-14-37-26-30-48(46)54(38)53(36)37)27-29-47(51)50-34-49-40(32-52(50)55)15-10-20-45(49)41-24-21-35-11-7-8-12-39(35)31-41/h1-34H. The van der Waals surface area contributed by atoms with Crippen molar-refractivity contribution in [1.29, 1.82) is 0 Å². The average Bonchev–Trinajstić information content (AvgIpc) is 3.54. The van der Waals surface area contributed by atoms with Crippen molar-refractivity contribution in [2.75, 3.05) is 0 Å². The van der Waals surface area contributed by atoms with Gasteiger partial charge in [-0.05, 0) is 134 Å². The molecule has 0 amide bonds. The van der Waals surface area contributed by atoms with Crippen molar-refractivity contribution in [3.63, 3.8) is 0 Å². The predicted molar refractivity (Wildman–Crippen MR) is 233 cm³/mol. The zero-order valence-electron chi connectivity index (χ0n) is 30.1. The van der Waals surface area contributed by atoms with E-state index in [-0.39, 0.29) is 0 Å². The summed E-state index contributed by atoms with van der Waals surface area (Å²) in [5, 5.41) is 12.9. The molecular formula is C55H34. The van der Waals surface area contributed by atoms with Crippen LogP contribution < -0.4 is 0 Å². The summed E-state index contributed by atoms with van der Waals surface area (Å²) in [5.74, 6) is 0. The Morgan fingerprint density at radius 2 is 0.782 bits per heavy atom. The van der Waals surface area contributed by atoms with Crippen LogP contribution in [0.15, 0.2) is 206 Å². The number of hydrogen-bond donors (Lipinski definition) is 0. The monoisotopic (exact) mass is 694 g/mol. The lowest BCUT2D eigenvalue weighted by Crippen LogP contribution is -2.28. The first-order chi connectivity index (χ1) is 27.3. The summed E-state index contributed by atoms with van der Waals surface area (Å²) in [6.07, 6.45) is 0. The Hall–Kier alpha value is -7.02. The zero-order chi connectivity index (χ0) is 36.1. The van der Waals surface area contributed by atoms with Crippen molar-refractivity contribution < 1.29 is 0 Å². The topological polar surface area (TPSA) is 0 Å². The fourth-order valence-electron chi connectivity index (χ4n) is 10.0. The van der Waals surface area contributed by atoms with Gasteiger partial charge < -0.3 is 0 Å². The molecule has 0 N–H and O–H groups in total. The van der Waals surface area contributed by atoms with E-state index in [1.165, 1.54) is 109 Å². The van der Waals surface area contributed by atoms with Crippen molar-refractivity contribution in [2.45, 2.75) is 5.41 Å². The first kappa shape index (κ1) is 30.4. The first-order valence-corrected chi connectivity index (χ1v) is 19.2. The predicted octanol–water partition coefficient (Wildman–Crippen LogP) is 14.6. The van der Waals surface area contributed by atoms with Gasteiger partial charge in [-0.3, -0.25) is 0 Å². The maximum Gasteiger partial charge on any atom is 0.0714 e. The third-order valence-electron chi connectivity index (χ3n) is 12.5. The molecule has 0 aliphatic heterocycles. The van der Waals surface area contributed by atoms with Crippen molar-refractivity contribution in [3.05, 3.63) is 229 Å². The highest BCUT2D eigenvalue weighted by molar-refractivity contribution is 6.25. The molecule has 0 nitrogen and oxygen atoms in total. The molecule has 1 aliphatic carbocycles. The Labute approximate surface area is 319 Å². The lowest BCUT2D eigenvalue weighted by molar-refractivity contribution is 0.770. The molecule has 0 atom stereocenters. The minimum absolute atomic E-state index is 0.514. The van der Waals surface area contributed by atoms with Gasteiger partial charge in [0.2, 0.25) is 0 Å². The minimum Gasteiger partial charge on any atom is -0.0622 e. The average molecular weight is 695 g/mol. The van der Waals surface area contributed by atoms with E-state index in [2.05, 4.69) is 206 Å². The van der Waals surface area contributed by atoms with E-state index < -0.39 is 5.41 Å². The molecule has 0 spiro atoms. The van der Waals surface area contributed by atoms with Gasteiger partial charge >= 0.3 is 0 Å². The summed E-state index contributed by atoms with van der Waals surface area (Å²) in [4.78, 5) is 0. The van der Waals surface area contributed by atoms with E-state index in [0.29, 0.717) is 0 Å². The van der Waals surface area contributed by atoms with Gasteiger partial charge in [0.25, 0.3) is 0 Å². The Morgan fingerprint density at radius 3 is 1.56 bits per heavy atom. The molecule has 0 fully saturated rings. The van der Waals surface area contributed by atoms with Gasteiger partial charge in [0.1, 0.15) is 0 Å². The normalized spacial score (nSPS) is 13.2. The van der Waals surface area contributed by atoms with Gasteiger partial charge in [0.05, 0.1) is 5.41 Å². The van der Waals surface area contributed by atoms with Gasteiger partial charge in [0, 0.05) is 0 Å². The molecule has 11 aromatic rings. The second-order valence-corrected chi connectivity index (χ2v) is 15.2. The molecule has 0 radical (unpaired) electrons. The van der Waals surface area contributed by atoms with Crippen molar-refractivity contribution >= 4 is 53.9 Å². The molecule has 0 saturated carbocycles. The van der Waals surface area contributed by atoms with Crippen LogP contribution in [-0.2, 0) is 5.41 Å². The SMILES string of the molecule is c1ccc(C2(c3ccccc3)c3cc(-c4ccc5ccc6cccc7ccc4c5c67)ccc3-c3cc4c(-c5ccc6ccccc6c5)cccc4cc32)cc1. The Balaban J connectivity index is 1.16. The van der Waals surface area contributed by atoms with Gasteiger partial charge in [0.15, 0.2) is 0 Å². The molecule has 254 valence electrons. The van der Waals surface area contributed by atoms with Gasteiger partial charge in [-0.2, -0.15) is 0 Å². The summed E-state index contributed by atoms with van der Waals surface area (Å²) >= 11 is 0. The quantitative estimate of drug-likeness (QED) is 0.161. The molecule has 12 rings (SSSR count). The van der Waals surface area contributed by atoms with Crippen LogP contribution in [0.1, 0.15) is 22.3 Å². The van der Waals surface area contributed by atoms with E-state index in [4.69, 9.17) is 0 Å². The van der Waals surface area contributed by atoms with Crippen LogP contribution in [0.3, 0.4) is 0 Å². The second kappa shape index (κ2) is 11.5. The number of fused-ring (bicyclic) bond motifs is 5. The Morgan fingerprint density at radius 1 is 0.255 bits per heavy atom. The lowest BCUT2D eigenvalue weighted by Gasteiger charge is -2.34. The van der Waals surface area contributed by atoms with E-state index in [0.717, 1.165) is 0 Å². The van der Waals surface area contributed by atoms with Crippen molar-refractivity contribution in [3.8, 4) is 33.4 Å². The van der Waals surface area contributed by atoms with Gasteiger partial charge in [-0.15, -0.1) is 0 Å². The smallest absolute Gasteiger partial charge is 0.0622 e. The molecule has 0 heterocycles. The van der Waals surface area contributed by atoms with E-state index >= 15 is 0 Å². The van der Waals surface area contributed by atoms with Crippen LogP contribution >= 0.6 is 0 Å². The summed E-state index contributed by atoms with van der Waals surface area (Å²) in [6.45, 7) is 0. The Kier molecular flexibility index (Phi) is 6.36. The van der Waals surface area contributed by atoms with Crippen LogP contribution in [-0.4, -0.2) is 0 Å². The second-order valence-electron chi connectivity index (χ2n) is 15.2. The summed E-state index contributed by atoms with van der Waals surface area (Å²) in [6, 6.07) is 77.4. The zero-order valence-corrected chi connectivity index (χ0v) is 30.1. The molecule has 55 heavy (non-hydrogen) atoms. The van der Waals surface area contributed by atoms with Gasteiger partial charge in [-0.1, -0.05) is 182 Å². The molecule has 1 aliphatic rings. The van der Waals surface area contributed by atoms with Crippen molar-refractivity contribution in [1.82, 2.24) is 0 Å². The molecule has 11 aromatic carbocycles. The molecule has 0 saturated heterocycles.